The fourth-order valence-electron chi connectivity index (χ4n) is 5.01. The molecular weight excluding hydrogens is 580 g/mol. The number of benzene rings is 3. The Bertz CT molecular complexity index is 1560. The molecule has 5 rings (SSSR count). The summed E-state index contributed by atoms with van der Waals surface area (Å²) in [5.41, 5.74) is 5.69. The number of hydrogen-bond donors (Lipinski definition) is 3. The third-order valence-corrected chi connectivity index (χ3v) is 8.55. The number of hydrogen-bond acceptors (Lipinski definition) is 8. The highest BCUT2D eigenvalue weighted by Gasteiger charge is 2.32. The molecule has 11 heteroatoms. The Balaban J connectivity index is 1.31. The topological polar surface area (TPSA) is 136 Å². The minimum atomic E-state index is -0.902. The molecule has 0 aliphatic carbocycles. The van der Waals surface area contributed by atoms with E-state index in [1.807, 2.05) is 78.3 Å². The van der Waals surface area contributed by atoms with Crippen LogP contribution in [0, 0.1) is 0 Å². The van der Waals surface area contributed by atoms with E-state index in [1.165, 1.54) is 0 Å². The zero-order chi connectivity index (χ0) is 30.9. The zero-order valence-corrected chi connectivity index (χ0v) is 25.3. The number of nitrogens with one attached hydrogen (secondary N) is 1. The van der Waals surface area contributed by atoms with Crippen LogP contribution < -0.4 is 5.32 Å². The van der Waals surface area contributed by atoms with Crippen molar-refractivity contribution in [1.29, 1.82) is 0 Å². The molecule has 1 amide bonds. The number of aliphatic carboxylic acids is 1. The van der Waals surface area contributed by atoms with Gasteiger partial charge in [0, 0.05) is 44.2 Å². The number of thioether (sulfide) groups is 1. The highest BCUT2D eigenvalue weighted by molar-refractivity contribution is 7.99. The van der Waals surface area contributed by atoms with Crippen LogP contribution in [0.25, 0.3) is 11.1 Å². The van der Waals surface area contributed by atoms with Crippen molar-refractivity contribution in [3.63, 3.8) is 0 Å². The monoisotopic (exact) mass is 616 g/mol. The number of carbonyl (C=O) groups is 2. The number of aryl methyl sites for hydroxylation is 1. The lowest BCUT2D eigenvalue weighted by molar-refractivity contribution is -0.245. The van der Waals surface area contributed by atoms with Gasteiger partial charge in [-0.3, -0.25) is 9.59 Å². The van der Waals surface area contributed by atoms with Gasteiger partial charge in [0.2, 0.25) is 5.91 Å². The number of aromatic nitrogens is 3. The molecule has 0 radical (unpaired) electrons. The molecule has 4 aromatic rings. The minimum absolute atomic E-state index is 0.0122. The molecular formula is C33H36N4O6S. The van der Waals surface area contributed by atoms with Crippen LogP contribution in [0.4, 0.5) is 0 Å². The summed E-state index contributed by atoms with van der Waals surface area (Å²) in [6.07, 6.45) is 1.92. The average Bonchev–Trinajstić information content (AvgIpc) is 3.47. The number of carboxylic acid groups (broad SMARTS) is 1. The molecule has 44 heavy (non-hydrogen) atoms. The number of aliphatic hydroxyl groups is 1. The first-order valence-electron chi connectivity index (χ1n) is 14.5. The lowest BCUT2D eigenvalue weighted by Crippen LogP contribution is -2.31. The molecule has 1 aliphatic heterocycles. The van der Waals surface area contributed by atoms with Gasteiger partial charge >= 0.3 is 5.97 Å². The minimum Gasteiger partial charge on any atom is -0.481 e. The largest absolute Gasteiger partial charge is 0.481 e. The van der Waals surface area contributed by atoms with E-state index in [4.69, 9.17) is 14.6 Å². The Morgan fingerprint density at radius 3 is 2.48 bits per heavy atom. The van der Waals surface area contributed by atoms with Gasteiger partial charge in [0.25, 0.3) is 0 Å². The molecule has 0 unspecified atom stereocenters. The number of rotatable bonds is 13. The van der Waals surface area contributed by atoms with Crippen molar-refractivity contribution in [3.05, 3.63) is 101 Å². The zero-order valence-electron chi connectivity index (χ0n) is 24.5. The first-order valence-corrected chi connectivity index (χ1v) is 15.5. The molecule has 0 saturated carbocycles. The molecule has 2 heterocycles. The van der Waals surface area contributed by atoms with Crippen molar-refractivity contribution in [2.75, 3.05) is 5.75 Å². The summed E-state index contributed by atoms with van der Waals surface area (Å²) in [4.78, 5) is 22.8. The quantitative estimate of drug-likeness (QED) is 0.174. The maximum Gasteiger partial charge on any atom is 0.303 e. The number of aliphatic hydroxyl groups excluding tert-OH is 1. The van der Waals surface area contributed by atoms with Crippen LogP contribution >= 0.6 is 11.8 Å². The van der Waals surface area contributed by atoms with Crippen molar-refractivity contribution >= 4 is 23.6 Å². The maximum absolute atomic E-state index is 12.1. The highest BCUT2D eigenvalue weighted by Crippen LogP contribution is 2.40. The van der Waals surface area contributed by atoms with E-state index in [-0.39, 0.29) is 37.6 Å². The van der Waals surface area contributed by atoms with Crippen LogP contribution in [0.2, 0.25) is 0 Å². The van der Waals surface area contributed by atoms with Crippen molar-refractivity contribution in [2.45, 2.75) is 62.5 Å². The lowest BCUT2D eigenvalue weighted by atomic mass is 9.99. The number of carbonyl (C=O) groups excluding carboxylic acids is 1. The molecule has 230 valence electrons. The summed E-state index contributed by atoms with van der Waals surface area (Å²) in [6.45, 7) is 0.345. The summed E-state index contributed by atoms with van der Waals surface area (Å²) in [5, 5.41) is 30.1. The Morgan fingerprint density at radius 1 is 0.977 bits per heavy atom. The third-order valence-electron chi connectivity index (χ3n) is 7.39. The van der Waals surface area contributed by atoms with E-state index >= 15 is 0 Å². The SMILES string of the molecule is Cn1cnnc1SC[C@@H]1C[C@H](c2ccc(CO)cc2)O[C@H](c2cccc(-c3cccc(CNC(=O)CCCC(=O)O)c3)c2)O1. The maximum atomic E-state index is 12.1. The average molecular weight is 617 g/mol. The van der Waals surface area contributed by atoms with E-state index in [2.05, 4.69) is 21.6 Å². The Hall–Kier alpha value is -4.03. The Labute approximate surface area is 260 Å². The summed E-state index contributed by atoms with van der Waals surface area (Å²) in [6, 6.07) is 23.9. The predicted octanol–water partition coefficient (Wildman–Crippen LogP) is 5.18. The predicted molar refractivity (Wildman–Crippen MR) is 165 cm³/mol. The number of amides is 1. The van der Waals surface area contributed by atoms with E-state index in [9.17, 15) is 14.7 Å². The molecule has 3 aromatic carbocycles. The molecule has 1 saturated heterocycles. The first-order chi connectivity index (χ1) is 21.4. The van der Waals surface area contributed by atoms with Crippen LogP contribution in [0.3, 0.4) is 0 Å². The van der Waals surface area contributed by atoms with Gasteiger partial charge in [0.15, 0.2) is 11.4 Å². The first kappa shape index (κ1) is 31.4. The second kappa shape index (κ2) is 15.1. The molecule has 1 aromatic heterocycles. The van der Waals surface area contributed by atoms with Crippen molar-refractivity contribution in [1.82, 2.24) is 20.1 Å². The Morgan fingerprint density at radius 2 is 1.75 bits per heavy atom. The van der Waals surface area contributed by atoms with Crippen molar-refractivity contribution < 1.29 is 29.3 Å². The lowest BCUT2D eigenvalue weighted by Gasteiger charge is -2.36. The molecule has 0 bridgehead atoms. The van der Waals surface area contributed by atoms with Crippen LogP contribution in [0.5, 0.6) is 0 Å². The smallest absolute Gasteiger partial charge is 0.303 e. The van der Waals surface area contributed by atoms with Gasteiger partial charge in [-0.05, 0) is 46.4 Å². The third kappa shape index (κ3) is 8.54. The molecule has 0 spiro atoms. The van der Waals surface area contributed by atoms with Gasteiger partial charge in [0.1, 0.15) is 6.33 Å². The summed E-state index contributed by atoms with van der Waals surface area (Å²) >= 11 is 1.59. The van der Waals surface area contributed by atoms with Crippen molar-refractivity contribution in [2.24, 2.45) is 7.05 Å². The second-order valence-electron chi connectivity index (χ2n) is 10.7. The molecule has 3 atom stereocenters. The number of nitrogens with zero attached hydrogens (tertiary/aromatic N) is 3. The summed E-state index contributed by atoms with van der Waals surface area (Å²) < 4.78 is 14.9. The van der Waals surface area contributed by atoms with Crippen LogP contribution in [-0.4, -0.2) is 48.7 Å². The van der Waals surface area contributed by atoms with Gasteiger partial charge in [-0.2, -0.15) is 0 Å². The van der Waals surface area contributed by atoms with Crippen molar-refractivity contribution in [3.8, 4) is 11.1 Å². The van der Waals surface area contributed by atoms with Crippen LogP contribution in [0.1, 0.15) is 60.3 Å². The summed E-state index contributed by atoms with van der Waals surface area (Å²) in [5.74, 6) is -0.389. The van der Waals surface area contributed by atoms with Gasteiger partial charge in [-0.1, -0.05) is 72.4 Å². The fourth-order valence-corrected chi connectivity index (χ4v) is 5.91. The Kier molecular flexibility index (Phi) is 10.8. The van der Waals surface area contributed by atoms with Crippen LogP contribution in [-0.2, 0) is 39.3 Å². The standard InChI is InChI=1S/C33H36N4O6S/c1-37-21-35-36-33(37)44-20-28-17-29(24-13-11-22(19-38)12-14-24)43-32(42-28)27-8-3-7-26(16-27)25-6-2-5-23(15-25)18-34-30(39)9-4-10-31(40)41/h2-3,5-8,11-16,21,28-29,32,38H,4,9-10,17-20H2,1H3,(H,34,39)(H,40,41)/t28-,29+,32+/m0/s1. The number of ether oxygens (including phenoxy) is 2. The molecule has 1 fully saturated rings. The second-order valence-corrected chi connectivity index (χ2v) is 11.7. The van der Waals surface area contributed by atoms with Gasteiger partial charge in [-0.15, -0.1) is 10.2 Å². The molecule has 3 N–H and O–H groups in total. The highest BCUT2D eigenvalue weighted by atomic mass is 32.2. The van der Waals surface area contributed by atoms with Gasteiger partial charge in [0.05, 0.1) is 18.8 Å². The van der Waals surface area contributed by atoms with Gasteiger partial charge in [-0.25, -0.2) is 0 Å². The van der Waals surface area contributed by atoms with E-state index in [1.54, 1.807) is 18.1 Å². The van der Waals surface area contributed by atoms with E-state index < -0.39 is 12.3 Å². The normalized spacial score (nSPS) is 18.2. The molecule has 10 nitrogen and oxygen atoms in total. The van der Waals surface area contributed by atoms with E-state index in [0.29, 0.717) is 25.1 Å². The molecule has 1 aliphatic rings. The number of carboxylic acids is 1. The van der Waals surface area contributed by atoms with Gasteiger partial charge < -0.3 is 29.6 Å². The van der Waals surface area contributed by atoms with Crippen LogP contribution in [0.15, 0.2) is 84.3 Å². The fraction of sp³-hybridized carbons (Fsp3) is 0.333. The van der Waals surface area contributed by atoms with E-state index in [0.717, 1.165) is 38.5 Å². The summed E-state index contributed by atoms with van der Waals surface area (Å²) in [7, 11) is 1.92.